The molecule has 0 aromatic carbocycles. The lowest BCUT2D eigenvalue weighted by molar-refractivity contribution is 0.126. The molecule has 0 heterocycles. The van der Waals surface area contributed by atoms with Crippen molar-refractivity contribution in [3.8, 4) is 0 Å². The number of hydrogen-bond acceptors (Lipinski definition) is 3. The zero-order valence-corrected chi connectivity index (χ0v) is 8.80. The highest BCUT2D eigenvalue weighted by molar-refractivity contribution is 8.17. The molecule has 0 amide bonds. The van der Waals surface area contributed by atoms with Gasteiger partial charge < -0.3 is 5.11 Å². The molecule has 1 aliphatic carbocycles. The molecule has 66 valence electrons. The molecule has 0 radical (unpaired) electrons. The molecule has 1 unspecified atom stereocenters. The van der Waals surface area contributed by atoms with E-state index < -0.39 is 0 Å². The molecule has 1 aliphatic rings. The molecule has 0 bridgehead atoms. The van der Waals surface area contributed by atoms with Crippen LogP contribution in [0, 0.1) is 0 Å². The first-order chi connectivity index (χ1) is 5.25. The van der Waals surface area contributed by atoms with Crippen molar-refractivity contribution in [2.75, 3.05) is 12.5 Å². The summed E-state index contributed by atoms with van der Waals surface area (Å²) >= 11 is 3.63. The van der Waals surface area contributed by atoms with E-state index in [0.29, 0.717) is 0 Å². The van der Waals surface area contributed by atoms with E-state index in [1.54, 1.807) is 0 Å². The molecule has 1 N–H and O–H groups in total. The maximum atomic E-state index is 9.78. The van der Waals surface area contributed by atoms with Gasteiger partial charge in [-0.05, 0) is 25.4 Å². The summed E-state index contributed by atoms with van der Waals surface area (Å²) in [5.41, 5.74) is 0. The molecule has 1 atom stereocenters. The number of aliphatic hydroxyl groups excluding tert-OH is 1. The van der Waals surface area contributed by atoms with Gasteiger partial charge in [0.05, 0.1) is 10.2 Å². The van der Waals surface area contributed by atoms with Gasteiger partial charge >= 0.3 is 0 Å². The first-order valence-electron chi connectivity index (χ1n) is 4.03. The second-order valence-electron chi connectivity index (χ2n) is 2.98. The number of aliphatic hydroxyl groups is 1. The highest BCUT2D eigenvalue weighted by Crippen LogP contribution is 2.45. The molecule has 1 fully saturated rings. The van der Waals surface area contributed by atoms with Crippen LogP contribution in [0.1, 0.15) is 25.7 Å². The minimum absolute atomic E-state index is 0.0961. The van der Waals surface area contributed by atoms with Gasteiger partial charge in [-0.25, -0.2) is 0 Å². The van der Waals surface area contributed by atoms with Gasteiger partial charge in [-0.2, -0.15) is 0 Å². The van der Waals surface area contributed by atoms with E-state index in [-0.39, 0.29) is 10.2 Å². The molecule has 0 aromatic rings. The lowest BCUT2D eigenvalue weighted by Gasteiger charge is -2.38. The van der Waals surface area contributed by atoms with Crippen LogP contribution < -0.4 is 0 Å². The Kier molecular flexibility index (Phi) is 3.59. The van der Waals surface area contributed by atoms with E-state index in [1.165, 1.54) is 12.8 Å². The summed E-state index contributed by atoms with van der Waals surface area (Å²) in [5.74, 6) is 0. The summed E-state index contributed by atoms with van der Waals surface area (Å²) in [6.45, 7) is 0. The molecule has 11 heavy (non-hydrogen) atoms. The van der Waals surface area contributed by atoms with Gasteiger partial charge in [-0.1, -0.05) is 12.8 Å². The summed E-state index contributed by atoms with van der Waals surface area (Å²) in [4.78, 5) is 0. The van der Waals surface area contributed by atoms with Crippen LogP contribution in [0.2, 0.25) is 0 Å². The Labute approximate surface area is 77.3 Å². The summed E-state index contributed by atoms with van der Waals surface area (Å²) in [7, 11) is 0. The van der Waals surface area contributed by atoms with Crippen LogP contribution in [0.4, 0.5) is 0 Å². The lowest BCUT2D eigenvalue weighted by atomic mass is 9.97. The van der Waals surface area contributed by atoms with Gasteiger partial charge in [0.15, 0.2) is 0 Å². The predicted octanol–water partition coefficient (Wildman–Crippen LogP) is 2.34. The molecule has 0 saturated heterocycles. The fraction of sp³-hybridized carbons (Fsp3) is 1.00. The summed E-state index contributed by atoms with van der Waals surface area (Å²) in [6, 6.07) is 0. The fourth-order valence-corrected chi connectivity index (χ4v) is 3.80. The summed E-state index contributed by atoms with van der Waals surface area (Å²) in [5, 5.41) is 9.78. The van der Waals surface area contributed by atoms with Crippen LogP contribution in [-0.4, -0.2) is 27.8 Å². The second kappa shape index (κ2) is 4.06. The number of thioether (sulfide) groups is 2. The van der Waals surface area contributed by atoms with Crippen molar-refractivity contribution >= 4 is 23.5 Å². The van der Waals surface area contributed by atoms with Crippen molar-refractivity contribution in [3.05, 3.63) is 0 Å². The van der Waals surface area contributed by atoms with E-state index in [9.17, 15) is 5.11 Å². The van der Waals surface area contributed by atoms with Crippen molar-refractivity contribution in [2.24, 2.45) is 0 Å². The molecule has 0 aromatic heterocycles. The van der Waals surface area contributed by atoms with Crippen LogP contribution in [-0.2, 0) is 0 Å². The van der Waals surface area contributed by atoms with E-state index in [1.807, 2.05) is 23.5 Å². The third-order valence-corrected chi connectivity index (χ3v) is 5.79. The average molecular weight is 192 g/mol. The summed E-state index contributed by atoms with van der Waals surface area (Å²) in [6.07, 6.45) is 8.73. The normalized spacial score (nSPS) is 30.3. The van der Waals surface area contributed by atoms with E-state index in [2.05, 4.69) is 12.5 Å². The van der Waals surface area contributed by atoms with Gasteiger partial charge in [0.1, 0.15) is 0 Å². The third-order valence-electron chi connectivity index (χ3n) is 2.45. The standard InChI is InChI=1S/C8H16OS2/c1-10-8(11-2)6-4-3-5-7(8)9/h7,9H,3-6H2,1-2H3. The Morgan fingerprint density at radius 1 is 1.27 bits per heavy atom. The maximum absolute atomic E-state index is 9.78. The smallest absolute Gasteiger partial charge is 0.0863 e. The van der Waals surface area contributed by atoms with Gasteiger partial charge in [0.2, 0.25) is 0 Å². The van der Waals surface area contributed by atoms with E-state index in [0.717, 1.165) is 12.8 Å². The van der Waals surface area contributed by atoms with Crippen molar-refractivity contribution in [2.45, 2.75) is 35.9 Å². The van der Waals surface area contributed by atoms with E-state index >= 15 is 0 Å². The minimum Gasteiger partial charge on any atom is -0.391 e. The topological polar surface area (TPSA) is 20.2 Å². The Bertz CT molecular complexity index is 123. The molecule has 1 rings (SSSR count). The molecule has 1 saturated carbocycles. The molecule has 0 aliphatic heterocycles. The quantitative estimate of drug-likeness (QED) is 0.678. The van der Waals surface area contributed by atoms with Crippen LogP contribution in [0.5, 0.6) is 0 Å². The summed E-state index contributed by atoms with van der Waals surface area (Å²) < 4.78 is 0.109. The van der Waals surface area contributed by atoms with Crippen LogP contribution in [0.25, 0.3) is 0 Å². The van der Waals surface area contributed by atoms with Gasteiger partial charge in [-0.15, -0.1) is 23.5 Å². The van der Waals surface area contributed by atoms with Crippen molar-refractivity contribution in [1.29, 1.82) is 0 Å². The van der Waals surface area contributed by atoms with Crippen molar-refractivity contribution in [1.82, 2.24) is 0 Å². The number of rotatable bonds is 2. The third kappa shape index (κ3) is 1.87. The van der Waals surface area contributed by atoms with Crippen LogP contribution >= 0.6 is 23.5 Å². The Balaban J connectivity index is 2.61. The minimum atomic E-state index is -0.0961. The monoisotopic (exact) mass is 192 g/mol. The Hall–Kier alpha value is 0.660. The van der Waals surface area contributed by atoms with Crippen LogP contribution in [0.15, 0.2) is 0 Å². The molecule has 0 spiro atoms. The highest BCUT2D eigenvalue weighted by atomic mass is 32.2. The maximum Gasteiger partial charge on any atom is 0.0863 e. The molecule has 3 heteroatoms. The first-order valence-corrected chi connectivity index (χ1v) is 6.48. The van der Waals surface area contributed by atoms with Gasteiger partial charge in [-0.3, -0.25) is 0 Å². The van der Waals surface area contributed by atoms with Crippen LogP contribution in [0.3, 0.4) is 0 Å². The molecule has 1 nitrogen and oxygen atoms in total. The Morgan fingerprint density at radius 3 is 2.27 bits per heavy atom. The number of hydrogen-bond donors (Lipinski definition) is 1. The molecular weight excluding hydrogens is 176 g/mol. The Morgan fingerprint density at radius 2 is 1.91 bits per heavy atom. The average Bonchev–Trinajstić information content (AvgIpc) is 2.06. The zero-order chi connectivity index (χ0) is 8.32. The van der Waals surface area contributed by atoms with Crippen molar-refractivity contribution in [3.63, 3.8) is 0 Å². The van der Waals surface area contributed by atoms with Gasteiger partial charge in [0, 0.05) is 0 Å². The fourth-order valence-electron chi connectivity index (χ4n) is 1.66. The predicted molar refractivity (Wildman–Crippen MR) is 54.2 cm³/mol. The lowest BCUT2D eigenvalue weighted by Crippen LogP contribution is -2.38. The second-order valence-corrected chi connectivity index (χ2v) is 5.51. The molecular formula is C8H16OS2. The largest absolute Gasteiger partial charge is 0.391 e. The first kappa shape index (κ1) is 9.75. The zero-order valence-electron chi connectivity index (χ0n) is 7.17. The van der Waals surface area contributed by atoms with Gasteiger partial charge in [0.25, 0.3) is 0 Å². The highest BCUT2D eigenvalue weighted by Gasteiger charge is 2.38. The van der Waals surface area contributed by atoms with Crippen molar-refractivity contribution < 1.29 is 5.11 Å². The SMILES string of the molecule is CSC1(SC)CCCCC1O. The van der Waals surface area contributed by atoms with E-state index in [4.69, 9.17) is 0 Å².